The van der Waals surface area contributed by atoms with E-state index in [1.807, 2.05) is 16.9 Å². The Balaban J connectivity index is 1.44. The predicted molar refractivity (Wildman–Crippen MR) is 114 cm³/mol. The molecule has 0 atom stereocenters. The average Bonchev–Trinajstić information content (AvgIpc) is 3.29. The minimum atomic E-state index is -0.761. The van der Waals surface area contributed by atoms with E-state index in [4.69, 9.17) is 5.73 Å². The van der Waals surface area contributed by atoms with Crippen LogP contribution in [0.15, 0.2) is 36.7 Å². The van der Waals surface area contributed by atoms with E-state index in [1.165, 1.54) is 12.8 Å². The Bertz CT molecular complexity index is 1340. The van der Waals surface area contributed by atoms with Gasteiger partial charge in [-0.15, -0.1) is 5.10 Å². The van der Waals surface area contributed by atoms with Gasteiger partial charge in [0.1, 0.15) is 11.4 Å². The minimum absolute atomic E-state index is 0.0419. The van der Waals surface area contributed by atoms with E-state index in [0.29, 0.717) is 23.2 Å². The summed E-state index contributed by atoms with van der Waals surface area (Å²) in [4.78, 5) is 8.45. The van der Waals surface area contributed by atoms with E-state index >= 15 is 0 Å². The number of nitriles is 1. The van der Waals surface area contributed by atoms with Crippen LogP contribution in [0.4, 0.5) is 10.2 Å². The molecule has 10 heteroatoms. The first-order chi connectivity index (χ1) is 15.5. The van der Waals surface area contributed by atoms with Crippen molar-refractivity contribution in [3.63, 3.8) is 0 Å². The van der Waals surface area contributed by atoms with Gasteiger partial charge in [-0.3, -0.25) is 4.68 Å². The van der Waals surface area contributed by atoms with Crippen molar-refractivity contribution < 1.29 is 4.39 Å². The Labute approximate surface area is 183 Å². The summed E-state index contributed by atoms with van der Waals surface area (Å²) < 4.78 is 18.3. The fraction of sp³-hybridized carbons (Fsp3) is 0.273. The van der Waals surface area contributed by atoms with Gasteiger partial charge in [-0.25, -0.2) is 19.0 Å². The summed E-state index contributed by atoms with van der Waals surface area (Å²) >= 11 is 0. The molecule has 0 amide bonds. The molecule has 1 fully saturated rings. The predicted octanol–water partition coefficient (Wildman–Crippen LogP) is 2.96. The van der Waals surface area contributed by atoms with Crippen LogP contribution >= 0.6 is 0 Å². The molecule has 1 aliphatic carbocycles. The molecule has 32 heavy (non-hydrogen) atoms. The summed E-state index contributed by atoms with van der Waals surface area (Å²) in [5, 5.41) is 22.0. The standard InChI is InChI=1S/C22H20FN9/c1-13-15(9-24)3-2-4-17(13)22-26-20(19(23)21(25)27-22)18-12-32(30-28-18)11-16-7-8-31(29-16)10-14-5-6-14/h2-4,7-8,12,14H,5-6,10-11H2,1H3,(H2,25,26,27). The highest BCUT2D eigenvalue weighted by Gasteiger charge is 2.22. The van der Waals surface area contributed by atoms with E-state index in [9.17, 15) is 9.65 Å². The molecule has 1 saturated carbocycles. The highest BCUT2D eigenvalue weighted by molar-refractivity contribution is 5.69. The molecule has 0 spiro atoms. The van der Waals surface area contributed by atoms with Crippen LogP contribution in [0, 0.1) is 30.0 Å². The molecule has 0 unspecified atom stereocenters. The topological polar surface area (TPSA) is 124 Å². The third kappa shape index (κ3) is 3.80. The molecule has 0 bridgehead atoms. The van der Waals surface area contributed by atoms with Gasteiger partial charge in [-0.05, 0) is 43.4 Å². The van der Waals surface area contributed by atoms with Gasteiger partial charge in [0.05, 0.1) is 30.1 Å². The second kappa shape index (κ2) is 7.85. The number of aromatic nitrogens is 7. The zero-order chi connectivity index (χ0) is 22.2. The maximum atomic E-state index is 14.8. The van der Waals surface area contributed by atoms with Crippen LogP contribution in [0.25, 0.3) is 22.8 Å². The molecular weight excluding hydrogens is 409 g/mol. The lowest BCUT2D eigenvalue weighted by atomic mass is 10.0. The quantitative estimate of drug-likeness (QED) is 0.500. The van der Waals surface area contributed by atoms with Crippen LogP contribution in [0.5, 0.6) is 0 Å². The zero-order valence-electron chi connectivity index (χ0n) is 17.4. The number of halogens is 1. The highest BCUT2D eigenvalue weighted by atomic mass is 19.1. The Morgan fingerprint density at radius 2 is 2.06 bits per heavy atom. The highest BCUT2D eigenvalue weighted by Crippen LogP contribution is 2.30. The number of nitrogen functional groups attached to an aromatic ring is 1. The number of anilines is 1. The maximum Gasteiger partial charge on any atom is 0.193 e. The molecule has 9 nitrogen and oxygen atoms in total. The first-order valence-electron chi connectivity index (χ1n) is 10.3. The molecule has 1 aromatic carbocycles. The third-order valence-electron chi connectivity index (χ3n) is 5.52. The Morgan fingerprint density at radius 1 is 1.22 bits per heavy atom. The van der Waals surface area contributed by atoms with Crippen molar-refractivity contribution in [3.8, 4) is 28.8 Å². The summed E-state index contributed by atoms with van der Waals surface area (Å²) in [5.41, 5.74) is 8.66. The monoisotopic (exact) mass is 429 g/mol. The van der Waals surface area contributed by atoms with Crippen molar-refractivity contribution in [2.45, 2.75) is 32.9 Å². The first kappa shape index (κ1) is 19.8. The van der Waals surface area contributed by atoms with Crippen molar-refractivity contribution in [2.75, 3.05) is 5.73 Å². The van der Waals surface area contributed by atoms with E-state index in [2.05, 4.69) is 31.4 Å². The van der Waals surface area contributed by atoms with Gasteiger partial charge >= 0.3 is 0 Å². The number of hydrogen-bond donors (Lipinski definition) is 1. The molecule has 0 saturated heterocycles. The Kier molecular flexibility index (Phi) is 4.86. The van der Waals surface area contributed by atoms with Crippen LogP contribution in [0.1, 0.15) is 29.7 Å². The summed E-state index contributed by atoms with van der Waals surface area (Å²) in [6.07, 6.45) is 6.09. The second-order valence-electron chi connectivity index (χ2n) is 7.96. The molecule has 1 aliphatic rings. The van der Waals surface area contributed by atoms with Gasteiger partial charge in [0, 0.05) is 18.3 Å². The van der Waals surface area contributed by atoms with Crippen molar-refractivity contribution in [1.82, 2.24) is 34.7 Å². The number of nitrogens with zero attached hydrogens (tertiary/aromatic N) is 8. The van der Waals surface area contributed by atoms with Crippen LogP contribution in [0.3, 0.4) is 0 Å². The lowest BCUT2D eigenvalue weighted by Gasteiger charge is -2.09. The smallest absolute Gasteiger partial charge is 0.193 e. The molecule has 160 valence electrons. The number of hydrogen-bond acceptors (Lipinski definition) is 7. The Hall–Kier alpha value is -4.13. The molecule has 5 rings (SSSR count). The molecular formula is C22H20FN9. The fourth-order valence-corrected chi connectivity index (χ4v) is 3.56. The van der Waals surface area contributed by atoms with Gasteiger partial charge in [-0.2, -0.15) is 10.4 Å². The molecule has 0 radical (unpaired) electrons. The van der Waals surface area contributed by atoms with Crippen molar-refractivity contribution in [3.05, 3.63) is 59.3 Å². The lowest BCUT2D eigenvalue weighted by molar-refractivity contribution is 0.546. The summed E-state index contributed by atoms with van der Waals surface area (Å²) in [5.74, 6) is -0.0933. The van der Waals surface area contributed by atoms with E-state index in [0.717, 1.165) is 18.2 Å². The molecule has 0 aliphatic heterocycles. The first-order valence-corrected chi connectivity index (χ1v) is 10.3. The number of rotatable bonds is 6. The molecule has 3 heterocycles. The van der Waals surface area contributed by atoms with Gasteiger partial charge in [-0.1, -0.05) is 17.3 Å². The van der Waals surface area contributed by atoms with Crippen LogP contribution in [-0.2, 0) is 13.1 Å². The van der Waals surface area contributed by atoms with Gasteiger partial charge in [0.15, 0.2) is 17.5 Å². The third-order valence-corrected chi connectivity index (χ3v) is 5.52. The van der Waals surface area contributed by atoms with Crippen molar-refractivity contribution in [2.24, 2.45) is 5.92 Å². The van der Waals surface area contributed by atoms with E-state index < -0.39 is 5.82 Å². The minimum Gasteiger partial charge on any atom is -0.381 e. The Morgan fingerprint density at radius 3 is 2.84 bits per heavy atom. The summed E-state index contributed by atoms with van der Waals surface area (Å²) in [6, 6.07) is 9.25. The SMILES string of the molecule is Cc1c(C#N)cccc1-c1nc(N)c(F)c(-c2cn(Cc3ccn(CC4CC4)n3)nn2)n1. The summed E-state index contributed by atoms with van der Waals surface area (Å²) in [7, 11) is 0. The van der Waals surface area contributed by atoms with Gasteiger partial charge in [0.25, 0.3) is 0 Å². The fourth-order valence-electron chi connectivity index (χ4n) is 3.56. The van der Waals surface area contributed by atoms with Crippen LogP contribution in [0.2, 0.25) is 0 Å². The van der Waals surface area contributed by atoms with Gasteiger partial charge in [0.2, 0.25) is 0 Å². The van der Waals surface area contributed by atoms with Crippen molar-refractivity contribution in [1.29, 1.82) is 5.26 Å². The van der Waals surface area contributed by atoms with Crippen LogP contribution < -0.4 is 5.73 Å². The summed E-state index contributed by atoms with van der Waals surface area (Å²) in [6.45, 7) is 3.13. The van der Waals surface area contributed by atoms with E-state index in [1.54, 1.807) is 36.0 Å². The maximum absolute atomic E-state index is 14.8. The zero-order valence-corrected chi connectivity index (χ0v) is 17.4. The normalized spacial score (nSPS) is 13.3. The average molecular weight is 429 g/mol. The molecule has 4 aromatic rings. The number of benzene rings is 1. The van der Waals surface area contributed by atoms with Crippen LogP contribution in [-0.4, -0.2) is 34.7 Å². The molecule has 2 N–H and O–H groups in total. The number of nitrogens with two attached hydrogens (primary N) is 1. The second-order valence-corrected chi connectivity index (χ2v) is 7.96. The van der Waals surface area contributed by atoms with E-state index in [-0.39, 0.29) is 23.0 Å². The lowest BCUT2D eigenvalue weighted by Crippen LogP contribution is -2.05. The largest absolute Gasteiger partial charge is 0.381 e. The van der Waals surface area contributed by atoms with Crippen molar-refractivity contribution >= 4 is 5.82 Å². The molecule has 3 aromatic heterocycles. The van der Waals surface area contributed by atoms with Gasteiger partial charge < -0.3 is 5.73 Å².